The van der Waals surface area contributed by atoms with E-state index in [0.29, 0.717) is 18.6 Å². The minimum absolute atomic E-state index is 0.0389. The summed E-state index contributed by atoms with van der Waals surface area (Å²) < 4.78 is 24.5. The molecule has 24 heavy (non-hydrogen) atoms. The Labute approximate surface area is 143 Å². The van der Waals surface area contributed by atoms with Crippen LogP contribution in [0.15, 0.2) is 22.9 Å². The average Bonchev–Trinajstić information content (AvgIpc) is 2.93. The van der Waals surface area contributed by atoms with Gasteiger partial charge in [-0.2, -0.15) is 0 Å². The van der Waals surface area contributed by atoms with E-state index in [0.717, 1.165) is 5.69 Å². The molecule has 1 aliphatic carbocycles. The maximum atomic E-state index is 13.7. The summed E-state index contributed by atoms with van der Waals surface area (Å²) in [5, 5.41) is 7.02. The normalized spacial score (nSPS) is 21.0. The molecule has 0 aliphatic heterocycles. The Morgan fingerprint density at radius 3 is 2.92 bits per heavy atom. The molecule has 1 aliphatic rings. The highest BCUT2D eigenvalue weighted by molar-refractivity contribution is 6.30. The number of hydrogen-bond acceptors (Lipinski definition) is 5. The Kier molecular flexibility index (Phi) is 4.71. The van der Waals surface area contributed by atoms with E-state index < -0.39 is 5.82 Å². The summed E-state index contributed by atoms with van der Waals surface area (Å²) in [6.07, 6.45) is 2.63. The van der Waals surface area contributed by atoms with Gasteiger partial charge in [0.1, 0.15) is 6.10 Å². The SMILES string of the molecule is CC(=O)N[C@@H](C)c1cc(C2CC(Oc3ncc(Cl)cc3F)C2)no1. The molecule has 128 valence electrons. The summed E-state index contributed by atoms with van der Waals surface area (Å²) in [4.78, 5) is 14.9. The van der Waals surface area contributed by atoms with E-state index in [-0.39, 0.29) is 34.9 Å². The van der Waals surface area contributed by atoms with E-state index in [1.807, 2.05) is 13.0 Å². The van der Waals surface area contributed by atoms with Crippen molar-refractivity contribution in [2.75, 3.05) is 0 Å². The van der Waals surface area contributed by atoms with Gasteiger partial charge in [-0.25, -0.2) is 9.37 Å². The van der Waals surface area contributed by atoms with E-state index in [4.69, 9.17) is 20.9 Å². The fourth-order valence-electron chi connectivity index (χ4n) is 2.63. The number of hydrogen-bond donors (Lipinski definition) is 1. The average molecular weight is 354 g/mol. The lowest BCUT2D eigenvalue weighted by molar-refractivity contribution is -0.119. The molecule has 2 aromatic heterocycles. The van der Waals surface area contributed by atoms with Crippen molar-refractivity contribution in [3.8, 4) is 5.88 Å². The molecular weight excluding hydrogens is 337 g/mol. The first-order valence-corrected chi connectivity index (χ1v) is 8.01. The van der Waals surface area contributed by atoms with Crippen LogP contribution in [-0.2, 0) is 4.79 Å². The van der Waals surface area contributed by atoms with Gasteiger partial charge in [0.15, 0.2) is 11.6 Å². The van der Waals surface area contributed by atoms with E-state index >= 15 is 0 Å². The van der Waals surface area contributed by atoms with Crippen LogP contribution in [0.2, 0.25) is 5.02 Å². The van der Waals surface area contributed by atoms with Crippen molar-refractivity contribution in [1.29, 1.82) is 0 Å². The van der Waals surface area contributed by atoms with E-state index in [2.05, 4.69) is 15.5 Å². The van der Waals surface area contributed by atoms with Crippen LogP contribution in [0.5, 0.6) is 5.88 Å². The highest BCUT2D eigenvalue weighted by atomic mass is 35.5. The molecule has 1 atom stereocenters. The van der Waals surface area contributed by atoms with Gasteiger partial charge in [-0.15, -0.1) is 0 Å². The molecule has 0 saturated heterocycles. The molecule has 2 aromatic rings. The zero-order valence-electron chi connectivity index (χ0n) is 13.3. The monoisotopic (exact) mass is 353 g/mol. The highest BCUT2D eigenvalue weighted by Gasteiger charge is 2.35. The van der Waals surface area contributed by atoms with Gasteiger partial charge in [-0.05, 0) is 25.8 Å². The fraction of sp³-hybridized carbons (Fsp3) is 0.438. The molecule has 1 saturated carbocycles. The highest BCUT2D eigenvalue weighted by Crippen LogP contribution is 2.39. The van der Waals surface area contributed by atoms with Gasteiger partial charge in [0.05, 0.1) is 16.8 Å². The van der Waals surface area contributed by atoms with Crippen molar-refractivity contribution in [1.82, 2.24) is 15.5 Å². The van der Waals surface area contributed by atoms with Gasteiger partial charge in [0.25, 0.3) is 5.88 Å². The molecule has 6 nitrogen and oxygen atoms in total. The Bertz CT molecular complexity index is 746. The number of nitrogens with zero attached hydrogens (tertiary/aromatic N) is 2. The Balaban J connectivity index is 1.55. The van der Waals surface area contributed by atoms with Crippen LogP contribution >= 0.6 is 11.6 Å². The lowest BCUT2D eigenvalue weighted by Crippen LogP contribution is -2.33. The second kappa shape index (κ2) is 6.76. The topological polar surface area (TPSA) is 77.2 Å². The molecular formula is C16H17ClFN3O3. The van der Waals surface area contributed by atoms with E-state index in [1.165, 1.54) is 19.2 Å². The maximum Gasteiger partial charge on any atom is 0.250 e. The zero-order chi connectivity index (χ0) is 17.3. The van der Waals surface area contributed by atoms with Crippen LogP contribution in [0.1, 0.15) is 50.1 Å². The van der Waals surface area contributed by atoms with Crippen LogP contribution in [-0.4, -0.2) is 22.2 Å². The Hall–Kier alpha value is -2.15. The summed E-state index contributed by atoms with van der Waals surface area (Å²) in [5.74, 6) is 0.0548. The minimum atomic E-state index is -0.571. The van der Waals surface area contributed by atoms with Crippen LogP contribution in [0.4, 0.5) is 4.39 Å². The molecule has 8 heteroatoms. The molecule has 0 aromatic carbocycles. The van der Waals surface area contributed by atoms with Gasteiger partial charge in [0, 0.05) is 25.1 Å². The third-order valence-corrected chi connectivity index (χ3v) is 4.17. The molecule has 1 N–H and O–H groups in total. The molecule has 2 heterocycles. The van der Waals surface area contributed by atoms with Crippen molar-refractivity contribution in [3.63, 3.8) is 0 Å². The van der Waals surface area contributed by atoms with E-state index in [9.17, 15) is 9.18 Å². The second-order valence-corrected chi connectivity index (χ2v) is 6.36. The van der Waals surface area contributed by atoms with Crippen LogP contribution in [0, 0.1) is 5.82 Å². The predicted molar refractivity (Wildman–Crippen MR) is 84.3 cm³/mol. The van der Waals surface area contributed by atoms with Gasteiger partial charge in [0.2, 0.25) is 5.91 Å². The van der Waals surface area contributed by atoms with Crippen molar-refractivity contribution in [3.05, 3.63) is 40.6 Å². The van der Waals surface area contributed by atoms with Gasteiger partial charge in [-0.1, -0.05) is 16.8 Å². The largest absolute Gasteiger partial charge is 0.472 e. The predicted octanol–water partition coefficient (Wildman–Crippen LogP) is 3.38. The quantitative estimate of drug-likeness (QED) is 0.891. The van der Waals surface area contributed by atoms with Crippen molar-refractivity contribution in [2.24, 2.45) is 0 Å². The number of halogens is 2. The summed E-state index contributed by atoms with van der Waals surface area (Å²) in [7, 11) is 0. The Morgan fingerprint density at radius 2 is 2.25 bits per heavy atom. The molecule has 3 rings (SSSR count). The maximum absolute atomic E-state index is 13.7. The molecule has 0 radical (unpaired) electrons. The van der Waals surface area contributed by atoms with Gasteiger partial charge in [-0.3, -0.25) is 4.79 Å². The summed E-state index contributed by atoms with van der Waals surface area (Å²) in [6.45, 7) is 3.28. The molecule has 1 amide bonds. The second-order valence-electron chi connectivity index (χ2n) is 5.93. The molecule has 0 unspecified atom stereocenters. The lowest BCUT2D eigenvalue weighted by Gasteiger charge is -2.33. The third kappa shape index (κ3) is 3.67. The number of ether oxygens (including phenoxy) is 1. The van der Waals surface area contributed by atoms with Crippen molar-refractivity contribution < 1.29 is 18.4 Å². The summed E-state index contributed by atoms with van der Waals surface area (Å²) in [6, 6.07) is 2.78. The Morgan fingerprint density at radius 1 is 1.50 bits per heavy atom. The summed E-state index contributed by atoms with van der Waals surface area (Å²) in [5.41, 5.74) is 0.812. The number of pyridine rings is 1. The van der Waals surface area contributed by atoms with Crippen molar-refractivity contribution in [2.45, 2.75) is 44.8 Å². The lowest BCUT2D eigenvalue weighted by atomic mass is 9.80. The van der Waals surface area contributed by atoms with Crippen LogP contribution < -0.4 is 10.1 Å². The number of aromatic nitrogens is 2. The van der Waals surface area contributed by atoms with Gasteiger partial charge >= 0.3 is 0 Å². The number of carbonyl (C=O) groups is 1. The fourth-order valence-corrected chi connectivity index (χ4v) is 2.77. The number of amides is 1. The van der Waals surface area contributed by atoms with Crippen LogP contribution in [0.25, 0.3) is 0 Å². The summed E-state index contributed by atoms with van der Waals surface area (Å²) >= 11 is 5.66. The number of rotatable bonds is 5. The number of carbonyl (C=O) groups excluding carboxylic acids is 1. The number of nitrogens with one attached hydrogen (secondary N) is 1. The van der Waals surface area contributed by atoms with Crippen LogP contribution in [0.3, 0.4) is 0 Å². The first kappa shape index (κ1) is 16.7. The first-order chi connectivity index (χ1) is 11.4. The zero-order valence-corrected chi connectivity index (χ0v) is 14.0. The van der Waals surface area contributed by atoms with Crippen molar-refractivity contribution >= 4 is 17.5 Å². The van der Waals surface area contributed by atoms with Gasteiger partial charge < -0.3 is 14.6 Å². The first-order valence-electron chi connectivity index (χ1n) is 7.63. The standard InChI is InChI=1S/C16H17ClFN3O3/c1-8(20-9(2)22)15-6-14(21-24-15)10-3-12(4-10)23-16-13(18)5-11(17)7-19-16/h5-8,10,12H,3-4H2,1-2H3,(H,20,22)/t8-,10?,12?/m0/s1. The molecule has 1 fully saturated rings. The third-order valence-electron chi connectivity index (χ3n) is 3.96. The molecule has 0 bridgehead atoms. The smallest absolute Gasteiger partial charge is 0.250 e. The minimum Gasteiger partial charge on any atom is -0.472 e. The van der Waals surface area contributed by atoms with E-state index in [1.54, 1.807) is 0 Å². The molecule has 0 spiro atoms.